The number of aromatic nitrogens is 1. The van der Waals surface area contributed by atoms with Gasteiger partial charge in [-0.05, 0) is 36.5 Å². The van der Waals surface area contributed by atoms with Crippen molar-refractivity contribution in [2.24, 2.45) is 0 Å². The van der Waals surface area contributed by atoms with Crippen LogP contribution in [0.3, 0.4) is 0 Å². The van der Waals surface area contributed by atoms with Crippen LogP contribution in [0.5, 0.6) is 0 Å². The number of fused-ring (bicyclic) bond motifs is 4. The van der Waals surface area contributed by atoms with E-state index in [1.54, 1.807) is 9.80 Å². The molecule has 1 saturated heterocycles. The molecule has 2 atom stereocenters. The van der Waals surface area contributed by atoms with Crippen molar-refractivity contribution < 1.29 is 14.7 Å². The molecular formula is C25H27N3O3. The minimum atomic E-state index is -0.490. The Kier molecular flexibility index (Phi) is 5.24. The van der Waals surface area contributed by atoms with E-state index in [2.05, 4.69) is 11.1 Å². The number of aliphatic hydroxyl groups excluding tert-OH is 1. The molecule has 2 N–H and O–H groups in total. The van der Waals surface area contributed by atoms with Gasteiger partial charge in [-0.1, -0.05) is 48.5 Å². The standard InChI is InChI=1S/C25H27N3O3/c29-14-8-2-7-13-27-16-22(30)28-21(25(27)31)15-19-18-11-5-6-12-20(18)26-23(19)24(28)17-9-3-1-4-10-17/h1,3-6,9-12,21,24,26,29H,2,7-8,13-16H2/t21-,24-/m1/s1. The lowest BCUT2D eigenvalue weighted by Crippen LogP contribution is -2.63. The highest BCUT2D eigenvalue weighted by atomic mass is 16.3. The highest BCUT2D eigenvalue weighted by Crippen LogP contribution is 2.42. The molecule has 0 unspecified atom stereocenters. The fraction of sp³-hybridized carbons (Fsp3) is 0.360. The summed E-state index contributed by atoms with van der Waals surface area (Å²) in [5.74, 6) is 0.0189. The summed E-state index contributed by atoms with van der Waals surface area (Å²) >= 11 is 0. The van der Waals surface area contributed by atoms with E-state index in [0.717, 1.165) is 47.0 Å². The van der Waals surface area contributed by atoms with Crippen LogP contribution in [0.1, 0.15) is 42.1 Å². The summed E-state index contributed by atoms with van der Waals surface area (Å²) in [6.45, 7) is 0.838. The third kappa shape index (κ3) is 3.41. The van der Waals surface area contributed by atoms with E-state index >= 15 is 0 Å². The molecule has 0 radical (unpaired) electrons. The number of nitrogens with zero attached hydrogens (tertiary/aromatic N) is 2. The van der Waals surface area contributed by atoms with Gasteiger partial charge in [-0.25, -0.2) is 0 Å². The molecule has 2 amide bonds. The number of unbranched alkanes of at least 4 members (excludes halogenated alkanes) is 2. The van der Waals surface area contributed by atoms with Crippen LogP contribution in [0.4, 0.5) is 0 Å². The van der Waals surface area contributed by atoms with Crippen molar-refractivity contribution in [1.29, 1.82) is 0 Å². The quantitative estimate of drug-likeness (QED) is 0.606. The highest BCUT2D eigenvalue weighted by molar-refractivity contribution is 5.97. The number of nitrogens with one attached hydrogen (secondary N) is 1. The summed E-state index contributed by atoms with van der Waals surface area (Å²) < 4.78 is 0. The number of piperazine rings is 1. The summed E-state index contributed by atoms with van der Waals surface area (Å²) in [6, 6.07) is 17.3. The van der Waals surface area contributed by atoms with Gasteiger partial charge in [0.25, 0.3) is 0 Å². The minimum Gasteiger partial charge on any atom is -0.396 e. The van der Waals surface area contributed by atoms with Crippen LogP contribution in [0.2, 0.25) is 0 Å². The van der Waals surface area contributed by atoms with Crippen LogP contribution in [0.25, 0.3) is 10.9 Å². The van der Waals surface area contributed by atoms with Gasteiger partial charge in [0, 0.05) is 36.2 Å². The molecule has 6 heteroatoms. The van der Waals surface area contributed by atoms with Crippen LogP contribution < -0.4 is 0 Å². The number of aromatic amines is 1. The van der Waals surface area contributed by atoms with E-state index in [1.165, 1.54) is 0 Å². The molecule has 6 nitrogen and oxygen atoms in total. The number of hydrogen-bond donors (Lipinski definition) is 2. The molecule has 3 aromatic rings. The van der Waals surface area contributed by atoms with Gasteiger partial charge < -0.3 is 19.9 Å². The monoisotopic (exact) mass is 417 g/mol. The molecule has 2 aliphatic rings. The summed E-state index contributed by atoms with van der Waals surface area (Å²) in [6.07, 6.45) is 2.90. The summed E-state index contributed by atoms with van der Waals surface area (Å²) in [7, 11) is 0. The van der Waals surface area contributed by atoms with Crippen molar-refractivity contribution in [2.75, 3.05) is 19.7 Å². The average molecular weight is 418 g/mol. The molecule has 0 aliphatic carbocycles. The van der Waals surface area contributed by atoms with Gasteiger partial charge in [0.05, 0.1) is 12.6 Å². The van der Waals surface area contributed by atoms with Crippen LogP contribution in [-0.4, -0.2) is 57.4 Å². The number of para-hydroxylation sites is 1. The Morgan fingerprint density at radius 1 is 0.968 bits per heavy atom. The second-order valence-corrected chi connectivity index (χ2v) is 8.44. The average Bonchev–Trinajstić information content (AvgIpc) is 3.17. The van der Waals surface area contributed by atoms with Crippen LogP contribution in [0.15, 0.2) is 54.6 Å². The van der Waals surface area contributed by atoms with Gasteiger partial charge in [-0.3, -0.25) is 9.59 Å². The number of carbonyl (C=O) groups is 2. The Labute approximate surface area is 181 Å². The first-order chi connectivity index (χ1) is 15.2. The van der Waals surface area contributed by atoms with E-state index < -0.39 is 6.04 Å². The van der Waals surface area contributed by atoms with Crippen molar-refractivity contribution >= 4 is 22.7 Å². The van der Waals surface area contributed by atoms with Crippen LogP contribution >= 0.6 is 0 Å². The number of benzene rings is 2. The molecule has 3 heterocycles. The molecule has 160 valence electrons. The minimum absolute atomic E-state index is 0.00934. The predicted molar refractivity (Wildman–Crippen MR) is 118 cm³/mol. The molecule has 2 aliphatic heterocycles. The number of aliphatic hydroxyl groups is 1. The van der Waals surface area contributed by atoms with E-state index in [0.29, 0.717) is 13.0 Å². The maximum absolute atomic E-state index is 13.5. The number of H-pyrrole nitrogens is 1. The van der Waals surface area contributed by atoms with Gasteiger partial charge in [0.2, 0.25) is 11.8 Å². The van der Waals surface area contributed by atoms with E-state index in [-0.39, 0.29) is 31.0 Å². The normalized spacial score (nSPS) is 20.8. The highest BCUT2D eigenvalue weighted by Gasteiger charge is 2.47. The number of amides is 2. The van der Waals surface area contributed by atoms with Gasteiger partial charge in [0.1, 0.15) is 6.04 Å². The Hall–Kier alpha value is -3.12. The first-order valence-corrected chi connectivity index (χ1v) is 11.0. The SMILES string of the molecule is O=C1[C@H]2Cc3c([nH]c4ccccc34)[C@@H](c3ccccc3)N2C(=O)CN1CCCCCO. The number of carbonyl (C=O) groups excluding carboxylic acids is 2. The lowest BCUT2D eigenvalue weighted by atomic mass is 9.86. The second-order valence-electron chi connectivity index (χ2n) is 8.44. The lowest BCUT2D eigenvalue weighted by molar-refractivity contribution is -0.158. The van der Waals surface area contributed by atoms with E-state index in [9.17, 15) is 9.59 Å². The van der Waals surface area contributed by atoms with Gasteiger partial charge in [-0.2, -0.15) is 0 Å². The van der Waals surface area contributed by atoms with Crippen molar-refractivity contribution in [2.45, 2.75) is 37.8 Å². The molecule has 1 fully saturated rings. The maximum atomic E-state index is 13.5. The van der Waals surface area contributed by atoms with Crippen LogP contribution in [-0.2, 0) is 16.0 Å². The van der Waals surface area contributed by atoms with Crippen molar-refractivity contribution in [3.05, 3.63) is 71.4 Å². The van der Waals surface area contributed by atoms with Gasteiger partial charge in [0.15, 0.2) is 0 Å². The lowest BCUT2D eigenvalue weighted by Gasteiger charge is -2.47. The summed E-state index contributed by atoms with van der Waals surface area (Å²) in [4.78, 5) is 33.9. The van der Waals surface area contributed by atoms with Crippen molar-refractivity contribution in [3.8, 4) is 0 Å². The Morgan fingerprint density at radius 2 is 1.74 bits per heavy atom. The van der Waals surface area contributed by atoms with Crippen LogP contribution in [0, 0.1) is 0 Å². The second kappa shape index (κ2) is 8.19. The van der Waals surface area contributed by atoms with Gasteiger partial charge in [-0.15, -0.1) is 0 Å². The topological polar surface area (TPSA) is 76.6 Å². The predicted octanol–water partition coefficient (Wildman–Crippen LogP) is 3.02. The van der Waals surface area contributed by atoms with Crippen molar-refractivity contribution in [3.63, 3.8) is 0 Å². The van der Waals surface area contributed by atoms with Crippen molar-refractivity contribution in [1.82, 2.24) is 14.8 Å². The number of rotatable bonds is 6. The Morgan fingerprint density at radius 3 is 2.55 bits per heavy atom. The third-order valence-electron chi connectivity index (χ3n) is 6.54. The number of hydrogen-bond acceptors (Lipinski definition) is 3. The molecule has 1 aromatic heterocycles. The molecule has 0 bridgehead atoms. The van der Waals surface area contributed by atoms with Gasteiger partial charge >= 0.3 is 0 Å². The largest absolute Gasteiger partial charge is 0.396 e. The zero-order chi connectivity index (χ0) is 21.4. The van der Waals surface area contributed by atoms with E-state index in [4.69, 9.17) is 5.11 Å². The van der Waals surface area contributed by atoms with E-state index in [1.807, 2.05) is 48.5 Å². The summed E-state index contributed by atoms with van der Waals surface area (Å²) in [5.41, 5.74) is 4.20. The Bertz CT molecular complexity index is 1110. The fourth-order valence-electron chi connectivity index (χ4n) is 5.09. The fourth-order valence-corrected chi connectivity index (χ4v) is 5.09. The zero-order valence-electron chi connectivity index (χ0n) is 17.5. The molecule has 0 spiro atoms. The first-order valence-electron chi connectivity index (χ1n) is 11.0. The molecule has 0 saturated carbocycles. The maximum Gasteiger partial charge on any atom is 0.246 e. The molecule has 5 rings (SSSR count). The smallest absolute Gasteiger partial charge is 0.246 e. The summed E-state index contributed by atoms with van der Waals surface area (Å²) in [5, 5.41) is 10.1. The molecular weight excluding hydrogens is 390 g/mol. The molecule has 31 heavy (non-hydrogen) atoms. The zero-order valence-corrected chi connectivity index (χ0v) is 17.5. The third-order valence-corrected chi connectivity index (χ3v) is 6.54. The first kappa shape index (κ1) is 19.8. The molecule has 2 aromatic carbocycles. The Balaban J connectivity index is 1.55.